The van der Waals surface area contributed by atoms with Crippen molar-refractivity contribution >= 4 is 5.97 Å². The molecule has 1 aliphatic heterocycles. The second-order valence-electron chi connectivity index (χ2n) is 12.1. The molecule has 5 nitrogen and oxygen atoms in total. The van der Waals surface area contributed by atoms with Crippen LogP contribution in [-0.4, -0.2) is 50.0 Å². The number of alkyl halides is 3. The molecule has 3 rings (SSSR count). The van der Waals surface area contributed by atoms with Crippen molar-refractivity contribution in [1.82, 2.24) is 0 Å². The van der Waals surface area contributed by atoms with Crippen LogP contribution in [0.15, 0.2) is 0 Å². The Kier molecular flexibility index (Phi) is 14.4. The van der Waals surface area contributed by atoms with Crippen LogP contribution < -0.4 is 0 Å². The van der Waals surface area contributed by atoms with E-state index in [1.54, 1.807) is 0 Å². The van der Waals surface area contributed by atoms with Gasteiger partial charge in [-0.3, -0.25) is 4.79 Å². The van der Waals surface area contributed by atoms with Crippen molar-refractivity contribution in [1.29, 1.82) is 0 Å². The number of carbonyl (C=O) groups is 1. The van der Waals surface area contributed by atoms with Crippen molar-refractivity contribution < 1.29 is 36.9 Å². The maximum atomic E-state index is 13.7. The Hall–Kier alpha value is -0.860. The summed E-state index contributed by atoms with van der Waals surface area (Å²) in [6, 6.07) is 0. The third kappa shape index (κ3) is 11.1. The number of unbranched alkanes of at least 4 members (excludes halogenated alkanes) is 6. The van der Waals surface area contributed by atoms with E-state index in [2.05, 4.69) is 13.8 Å². The molecule has 1 heterocycles. The van der Waals surface area contributed by atoms with E-state index in [0.29, 0.717) is 24.5 Å². The van der Waals surface area contributed by atoms with E-state index < -0.39 is 30.6 Å². The molecule has 0 aromatic carbocycles. The number of ether oxygens (including phenoxy) is 4. The number of carbonyl (C=O) groups excluding carboxylic acids is 1. The number of hydrogen-bond acceptors (Lipinski definition) is 5. The van der Waals surface area contributed by atoms with Gasteiger partial charge in [0.2, 0.25) is 6.29 Å². The summed E-state index contributed by atoms with van der Waals surface area (Å²) in [5.41, 5.74) is 0. The fourth-order valence-corrected chi connectivity index (χ4v) is 6.64. The summed E-state index contributed by atoms with van der Waals surface area (Å²) in [4.78, 5) is 12.8. The number of rotatable bonds is 15. The predicted octanol–water partition coefficient (Wildman–Crippen LogP) is 8.52. The van der Waals surface area contributed by atoms with Crippen LogP contribution in [0.5, 0.6) is 0 Å². The highest BCUT2D eigenvalue weighted by atomic mass is 19.4. The summed E-state index contributed by atoms with van der Waals surface area (Å²) >= 11 is 0. The van der Waals surface area contributed by atoms with Crippen LogP contribution in [0, 0.1) is 17.8 Å². The lowest BCUT2D eigenvalue weighted by atomic mass is 9.70. The minimum atomic E-state index is -4.56. The molecule has 0 spiro atoms. The van der Waals surface area contributed by atoms with Crippen molar-refractivity contribution in [3.63, 3.8) is 0 Å². The van der Waals surface area contributed by atoms with Crippen LogP contribution in [0.25, 0.3) is 0 Å². The standard InChI is InChI=1S/C31H53F3O5/c1-3-5-7-9-21-36-26-17-15-24(16-18-26)23-11-13-25(14-12-23)30(35)39-28-20-19-27(29(38-28)31(32,33)34)37-22-10-8-6-4-2/h23-29H,3-22H2,1-2H3. The van der Waals surface area contributed by atoms with Crippen LogP contribution in [0.1, 0.15) is 129 Å². The smallest absolute Gasteiger partial charge is 0.417 e. The molecule has 2 saturated carbocycles. The second kappa shape index (κ2) is 17.2. The molecule has 3 atom stereocenters. The molecule has 0 aromatic heterocycles. The van der Waals surface area contributed by atoms with E-state index in [4.69, 9.17) is 18.9 Å². The first-order chi connectivity index (χ1) is 18.8. The molecule has 228 valence electrons. The van der Waals surface area contributed by atoms with E-state index in [1.165, 1.54) is 32.1 Å². The van der Waals surface area contributed by atoms with Gasteiger partial charge < -0.3 is 18.9 Å². The molecule has 2 aliphatic carbocycles. The van der Waals surface area contributed by atoms with Crippen molar-refractivity contribution in [2.24, 2.45) is 17.8 Å². The topological polar surface area (TPSA) is 54.0 Å². The van der Waals surface area contributed by atoms with Crippen LogP contribution >= 0.6 is 0 Å². The predicted molar refractivity (Wildman–Crippen MR) is 145 cm³/mol. The third-order valence-corrected chi connectivity index (χ3v) is 9.07. The minimum Gasteiger partial charge on any atom is -0.436 e. The van der Waals surface area contributed by atoms with Gasteiger partial charge in [-0.05, 0) is 82.5 Å². The average Bonchev–Trinajstić information content (AvgIpc) is 2.93. The lowest BCUT2D eigenvalue weighted by Gasteiger charge is -2.39. The zero-order valence-electron chi connectivity index (χ0n) is 24.4. The van der Waals surface area contributed by atoms with Crippen LogP contribution in [0.2, 0.25) is 0 Å². The highest BCUT2D eigenvalue weighted by Gasteiger charge is 2.51. The molecular formula is C31H53F3O5. The highest BCUT2D eigenvalue weighted by Crippen LogP contribution is 2.41. The molecule has 0 radical (unpaired) electrons. The van der Waals surface area contributed by atoms with E-state index >= 15 is 0 Å². The van der Waals surface area contributed by atoms with Gasteiger partial charge in [0.05, 0.1) is 18.1 Å². The Balaban J connectivity index is 1.34. The molecular weight excluding hydrogens is 509 g/mol. The summed E-state index contributed by atoms with van der Waals surface area (Å²) in [6.07, 6.45) is 8.81. The fourth-order valence-electron chi connectivity index (χ4n) is 6.64. The average molecular weight is 563 g/mol. The summed E-state index contributed by atoms with van der Waals surface area (Å²) in [5.74, 6) is 0.661. The molecule has 0 aromatic rings. The normalized spacial score (nSPS) is 32.2. The van der Waals surface area contributed by atoms with Crippen LogP contribution in [0.4, 0.5) is 13.2 Å². The lowest BCUT2D eigenvalue weighted by Crippen LogP contribution is -2.50. The largest absolute Gasteiger partial charge is 0.436 e. The molecule has 0 amide bonds. The second-order valence-corrected chi connectivity index (χ2v) is 12.1. The van der Waals surface area contributed by atoms with E-state index in [-0.39, 0.29) is 18.8 Å². The lowest BCUT2D eigenvalue weighted by molar-refractivity contribution is -0.312. The van der Waals surface area contributed by atoms with Crippen molar-refractivity contribution in [3.8, 4) is 0 Å². The first kappa shape index (κ1) is 32.7. The summed E-state index contributed by atoms with van der Waals surface area (Å²) in [7, 11) is 0. The van der Waals surface area contributed by atoms with Gasteiger partial charge >= 0.3 is 12.1 Å². The van der Waals surface area contributed by atoms with Crippen LogP contribution in [-0.2, 0) is 23.7 Å². The molecule has 3 unspecified atom stereocenters. The Morgan fingerprint density at radius 1 is 0.718 bits per heavy atom. The highest BCUT2D eigenvalue weighted by molar-refractivity contribution is 5.72. The van der Waals surface area contributed by atoms with Gasteiger partial charge in [0.15, 0.2) is 6.10 Å². The quantitative estimate of drug-likeness (QED) is 0.148. The van der Waals surface area contributed by atoms with Gasteiger partial charge in [-0.2, -0.15) is 13.2 Å². The first-order valence-corrected chi connectivity index (χ1v) is 16.0. The van der Waals surface area contributed by atoms with E-state index in [1.807, 2.05) is 0 Å². The van der Waals surface area contributed by atoms with Gasteiger partial charge in [-0.1, -0.05) is 52.4 Å². The number of esters is 1. The van der Waals surface area contributed by atoms with Crippen LogP contribution in [0.3, 0.4) is 0 Å². The number of halogens is 3. The molecule has 0 bridgehead atoms. The molecule has 1 saturated heterocycles. The molecule has 3 fully saturated rings. The van der Waals surface area contributed by atoms with E-state index in [9.17, 15) is 18.0 Å². The van der Waals surface area contributed by atoms with Crippen molar-refractivity contribution in [2.75, 3.05) is 13.2 Å². The SMILES string of the molecule is CCCCCCOC1CCC(C2CCC(C(=O)OC3CCC(OCCCCCC)C(C(F)(F)F)O3)CC2)CC1. The fraction of sp³-hybridized carbons (Fsp3) is 0.968. The zero-order valence-corrected chi connectivity index (χ0v) is 24.4. The van der Waals surface area contributed by atoms with Gasteiger partial charge in [0.25, 0.3) is 0 Å². The third-order valence-electron chi connectivity index (χ3n) is 9.07. The molecule has 39 heavy (non-hydrogen) atoms. The zero-order chi connectivity index (χ0) is 28.1. The van der Waals surface area contributed by atoms with Gasteiger partial charge in [0, 0.05) is 19.6 Å². The summed E-state index contributed by atoms with van der Waals surface area (Å²) in [6.45, 7) is 5.48. The molecule has 3 aliphatic rings. The molecule has 0 N–H and O–H groups in total. The monoisotopic (exact) mass is 562 g/mol. The Morgan fingerprint density at radius 3 is 1.85 bits per heavy atom. The first-order valence-electron chi connectivity index (χ1n) is 16.0. The maximum Gasteiger partial charge on any atom is 0.417 e. The van der Waals surface area contributed by atoms with Crippen molar-refractivity contribution in [2.45, 2.75) is 160 Å². The number of hydrogen-bond donors (Lipinski definition) is 0. The van der Waals surface area contributed by atoms with Crippen molar-refractivity contribution in [3.05, 3.63) is 0 Å². The van der Waals surface area contributed by atoms with E-state index in [0.717, 1.165) is 77.2 Å². The minimum absolute atomic E-state index is 0.174. The van der Waals surface area contributed by atoms with Gasteiger partial charge in [-0.15, -0.1) is 0 Å². The summed E-state index contributed by atoms with van der Waals surface area (Å²) < 4.78 is 63.5. The Morgan fingerprint density at radius 2 is 1.28 bits per heavy atom. The molecule has 8 heteroatoms. The Bertz CT molecular complexity index is 672. The van der Waals surface area contributed by atoms with Gasteiger partial charge in [-0.25, -0.2) is 0 Å². The van der Waals surface area contributed by atoms with Gasteiger partial charge in [0.1, 0.15) is 0 Å². The Labute approximate surface area is 234 Å². The summed E-state index contributed by atoms with van der Waals surface area (Å²) in [5, 5.41) is 0. The maximum absolute atomic E-state index is 13.7.